The third-order valence-corrected chi connectivity index (χ3v) is 9.91. The summed E-state index contributed by atoms with van der Waals surface area (Å²) in [7, 11) is 3.16. The second kappa shape index (κ2) is 18.0. The van der Waals surface area contributed by atoms with Crippen molar-refractivity contribution in [1.82, 2.24) is 41.2 Å². The van der Waals surface area contributed by atoms with E-state index in [9.17, 15) is 9.59 Å². The Kier molecular flexibility index (Phi) is 11.7. The number of aromatic amines is 3. The molecule has 3 aromatic heterocycles. The summed E-state index contributed by atoms with van der Waals surface area (Å²) < 4.78 is 22.4. The highest BCUT2D eigenvalue weighted by Gasteiger charge is 2.21. The van der Waals surface area contributed by atoms with E-state index in [1.807, 2.05) is 109 Å². The van der Waals surface area contributed by atoms with E-state index in [1.54, 1.807) is 32.4 Å². The van der Waals surface area contributed by atoms with E-state index in [4.69, 9.17) is 24.2 Å². The fourth-order valence-corrected chi connectivity index (χ4v) is 7.12. The summed E-state index contributed by atoms with van der Waals surface area (Å²) in [4.78, 5) is 32.8. The molecular weight excluding hydrogens is 775 g/mol. The lowest BCUT2D eigenvalue weighted by Crippen LogP contribution is -2.22. The van der Waals surface area contributed by atoms with Crippen molar-refractivity contribution in [2.24, 2.45) is 0 Å². The molecule has 0 unspecified atom stereocenters. The summed E-state index contributed by atoms with van der Waals surface area (Å²) in [5.74, 6) is 2.35. The maximum Gasteiger partial charge on any atom is 0.252 e. The molecule has 9 aromatic rings. The van der Waals surface area contributed by atoms with E-state index in [0.29, 0.717) is 53.0 Å². The SMILES string of the molecule is COc1cc(OCC#N)c2c(c1)[nH]c1cccc(C(=O)NCc3ccccc3)c12.COc1cc(OCc2nn[nH]n2)c2c(c1)[nH]c1cccc(C(=O)NCc3ccccc3)c12. The normalized spacial score (nSPS) is 10.8. The lowest BCUT2D eigenvalue weighted by Gasteiger charge is -2.10. The van der Waals surface area contributed by atoms with Gasteiger partial charge in [-0.05, 0) is 35.4 Å². The first-order valence-corrected chi connectivity index (χ1v) is 19.2. The number of rotatable bonds is 13. The summed E-state index contributed by atoms with van der Waals surface area (Å²) in [5.41, 5.74) is 6.35. The number of hydrogen-bond donors (Lipinski definition) is 5. The van der Waals surface area contributed by atoms with Crippen molar-refractivity contribution in [3.8, 4) is 29.1 Å². The number of carbonyl (C=O) groups is 2. The number of tetrazole rings is 1. The smallest absolute Gasteiger partial charge is 0.252 e. The Labute approximate surface area is 348 Å². The molecular formula is C46H39N9O6. The van der Waals surface area contributed by atoms with Gasteiger partial charge in [-0.1, -0.05) is 78.0 Å². The molecule has 15 nitrogen and oxygen atoms in total. The first-order chi connectivity index (χ1) is 29.9. The number of aromatic nitrogens is 6. The molecule has 0 spiro atoms. The van der Waals surface area contributed by atoms with Gasteiger partial charge in [-0.3, -0.25) is 9.59 Å². The van der Waals surface area contributed by atoms with Gasteiger partial charge in [0.2, 0.25) is 5.82 Å². The maximum absolute atomic E-state index is 13.1. The van der Waals surface area contributed by atoms with Gasteiger partial charge >= 0.3 is 0 Å². The van der Waals surface area contributed by atoms with Gasteiger partial charge in [-0.2, -0.15) is 10.5 Å². The zero-order valence-electron chi connectivity index (χ0n) is 33.1. The van der Waals surface area contributed by atoms with Gasteiger partial charge in [0.1, 0.15) is 29.1 Å². The number of H-pyrrole nitrogens is 3. The molecule has 9 rings (SSSR count). The molecule has 0 saturated carbocycles. The van der Waals surface area contributed by atoms with Crippen molar-refractivity contribution in [2.45, 2.75) is 19.7 Å². The van der Waals surface area contributed by atoms with Gasteiger partial charge in [-0.25, -0.2) is 0 Å². The zero-order chi connectivity index (χ0) is 42.1. The number of methoxy groups -OCH3 is 2. The average Bonchev–Trinajstić information content (AvgIpc) is 4.07. The minimum Gasteiger partial charge on any atom is -0.497 e. The first kappa shape index (κ1) is 39.4. The van der Waals surface area contributed by atoms with Crippen LogP contribution >= 0.6 is 0 Å². The Balaban J connectivity index is 0.000000169. The molecule has 0 bridgehead atoms. The second-order valence-electron chi connectivity index (χ2n) is 13.7. The zero-order valence-corrected chi connectivity index (χ0v) is 33.1. The Morgan fingerprint density at radius 1 is 0.623 bits per heavy atom. The number of nitrogens with zero attached hydrogens (tertiary/aromatic N) is 4. The van der Waals surface area contributed by atoms with E-state index in [1.165, 1.54) is 0 Å². The fraction of sp³-hybridized carbons (Fsp3) is 0.130. The fourth-order valence-electron chi connectivity index (χ4n) is 7.12. The number of ether oxygens (including phenoxy) is 4. The van der Waals surface area contributed by atoms with Crippen LogP contribution in [0.4, 0.5) is 0 Å². The third-order valence-electron chi connectivity index (χ3n) is 9.91. The van der Waals surface area contributed by atoms with Crippen LogP contribution in [0.25, 0.3) is 43.6 Å². The van der Waals surface area contributed by atoms with Crippen LogP contribution in [-0.2, 0) is 19.7 Å². The first-order valence-electron chi connectivity index (χ1n) is 19.2. The molecule has 0 fully saturated rings. The number of benzene rings is 6. The van der Waals surface area contributed by atoms with Gasteiger partial charge in [0.05, 0.1) is 36.0 Å². The van der Waals surface area contributed by atoms with Crippen LogP contribution in [0.15, 0.2) is 121 Å². The summed E-state index contributed by atoms with van der Waals surface area (Å²) in [6.45, 7) is 0.891. The quantitative estimate of drug-likeness (QED) is 0.0775. The van der Waals surface area contributed by atoms with Crippen LogP contribution in [0.1, 0.15) is 37.7 Å². The van der Waals surface area contributed by atoms with Crippen LogP contribution in [-0.4, -0.2) is 63.2 Å². The monoisotopic (exact) mass is 813 g/mol. The highest BCUT2D eigenvalue weighted by atomic mass is 16.5. The second-order valence-corrected chi connectivity index (χ2v) is 13.7. The van der Waals surface area contributed by atoms with Crippen molar-refractivity contribution in [2.75, 3.05) is 20.8 Å². The van der Waals surface area contributed by atoms with Crippen LogP contribution in [0.5, 0.6) is 23.0 Å². The Hall–Kier alpha value is -8.38. The van der Waals surface area contributed by atoms with E-state index >= 15 is 0 Å². The molecule has 304 valence electrons. The lowest BCUT2D eigenvalue weighted by atomic mass is 10.0. The molecule has 3 heterocycles. The van der Waals surface area contributed by atoms with Crippen LogP contribution in [0, 0.1) is 11.3 Å². The molecule has 61 heavy (non-hydrogen) atoms. The highest BCUT2D eigenvalue weighted by Crippen LogP contribution is 2.40. The molecule has 15 heteroatoms. The molecule has 0 saturated heterocycles. The van der Waals surface area contributed by atoms with Crippen molar-refractivity contribution < 1.29 is 28.5 Å². The van der Waals surface area contributed by atoms with Crippen molar-refractivity contribution in [3.05, 3.63) is 149 Å². The maximum atomic E-state index is 13.1. The van der Waals surface area contributed by atoms with Crippen molar-refractivity contribution in [1.29, 1.82) is 5.26 Å². The van der Waals surface area contributed by atoms with Crippen molar-refractivity contribution in [3.63, 3.8) is 0 Å². The topological polar surface area (TPSA) is 205 Å². The van der Waals surface area contributed by atoms with Gasteiger partial charge in [0.25, 0.3) is 11.8 Å². The number of amides is 2. The number of hydrogen-bond acceptors (Lipinski definition) is 10. The number of fused-ring (bicyclic) bond motifs is 6. The predicted octanol–water partition coefficient (Wildman–Crippen LogP) is 7.51. The number of carbonyl (C=O) groups excluding carboxylic acids is 2. The third kappa shape index (κ3) is 8.59. The Bertz CT molecular complexity index is 3010. The minimum atomic E-state index is -0.178. The lowest BCUT2D eigenvalue weighted by molar-refractivity contribution is 0.0944. The summed E-state index contributed by atoms with van der Waals surface area (Å²) in [5, 5.41) is 31.8. The minimum absolute atomic E-state index is 0.0999. The largest absolute Gasteiger partial charge is 0.497 e. The van der Waals surface area contributed by atoms with E-state index < -0.39 is 0 Å². The molecule has 0 aliphatic heterocycles. The number of nitrogens with one attached hydrogen (secondary N) is 5. The molecule has 0 atom stereocenters. The molecule has 6 aromatic carbocycles. The standard InChI is InChI=1S/C23H20N6O3.C23H19N3O3/c1-31-15-10-18-22(19(11-15)32-13-20-26-28-29-27-20)21-16(8-5-9-17(21)25-18)23(30)24-12-14-6-3-2-4-7-14;1-28-16-12-19-22(20(13-16)29-11-10-24)21-17(8-5-9-18(21)26-19)23(27)25-14-15-6-3-2-4-7-15/h2-11,25H,12-13H2,1H3,(H,24,30)(H,26,27,28,29);2-9,12-13,26H,11,14H2,1H3,(H,25,27). The van der Waals surface area contributed by atoms with Crippen LogP contribution < -0.4 is 29.6 Å². The Morgan fingerprint density at radius 3 is 1.59 bits per heavy atom. The van der Waals surface area contributed by atoms with Crippen LogP contribution in [0.3, 0.4) is 0 Å². The Morgan fingerprint density at radius 2 is 1.13 bits per heavy atom. The van der Waals surface area contributed by atoms with Gasteiger partial charge < -0.3 is 39.5 Å². The highest BCUT2D eigenvalue weighted by molar-refractivity contribution is 6.20. The van der Waals surface area contributed by atoms with E-state index in [2.05, 4.69) is 41.2 Å². The molecule has 2 amide bonds. The summed E-state index contributed by atoms with van der Waals surface area (Å²) in [6, 6.07) is 39.9. The summed E-state index contributed by atoms with van der Waals surface area (Å²) in [6.07, 6.45) is 0. The van der Waals surface area contributed by atoms with E-state index in [0.717, 1.165) is 54.7 Å². The van der Waals surface area contributed by atoms with Crippen molar-refractivity contribution >= 4 is 55.4 Å². The predicted molar refractivity (Wildman–Crippen MR) is 230 cm³/mol. The van der Waals surface area contributed by atoms with Gasteiger partial charge in [0.15, 0.2) is 13.2 Å². The van der Waals surface area contributed by atoms with Crippen LogP contribution in [0.2, 0.25) is 0 Å². The number of nitriles is 1. The van der Waals surface area contributed by atoms with Gasteiger partial charge in [-0.15, -0.1) is 10.2 Å². The molecule has 0 aliphatic carbocycles. The molecule has 0 aliphatic rings. The van der Waals surface area contributed by atoms with E-state index in [-0.39, 0.29) is 25.0 Å². The summed E-state index contributed by atoms with van der Waals surface area (Å²) >= 11 is 0. The van der Waals surface area contributed by atoms with Gasteiger partial charge in [0, 0.05) is 70.3 Å². The average molecular weight is 814 g/mol. The molecule has 5 N–H and O–H groups in total. The molecule has 0 radical (unpaired) electrons.